The molecule has 0 saturated carbocycles. The third kappa shape index (κ3) is 2.54. The Hall–Kier alpha value is -2.26. The number of carbonyl (C=O) groups is 3. The first-order valence-electron chi connectivity index (χ1n) is 7.74. The molecule has 134 valence electrons. The summed E-state index contributed by atoms with van der Waals surface area (Å²) in [5, 5.41) is 11.0. The SMILES string of the molecule is CC1(C)C(C(=O)O)N2C(=O)C(NC(=O)C(N)c3ccccc3)C2S1=O. The predicted molar refractivity (Wildman–Crippen MR) is 89.6 cm³/mol. The molecule has 4 N–H and O–H groups in total. The lowest BCUT2D eigenvalue weighted by atomic mass is 9.95. The molecule has 25 heavy (non-hydrogen) atoms. The van der Waals surface area contributed by atoms with Crippen LogP contribution in [0.1, 0.15) is 25.5 Å². The third-order valence-corrected chi connectivity index (χ3v) is 6.93. The fraction of sp³-hybridized carbons (Fsp3) is 0.438. The molecule has 2 fully saturated rings. The quantitative estimate of drug-likeness (QED) is 0.607. The topological polar surface area (TPSA) is 130 Å². The van der Waals surface area contributed by atoms with Gasteiger partial charge >= 0.3 is 5.97 Å². The summed E-state index contributed by atoms with van der Waals surface area (Å²) in [7, 11) is -1.63. The normalized spacial score (nSPS) is 31.0. The number of carboxylic acid groups (broad SMARTS) is 1. The largest absolute Gasteiger partial charge is 0.480 e. The maximum absolute atomic E-state index is 12.7. The summed E-state index contributed by atoms with van der Waals surface area (Å²) in [4.78, 5) is 37.3. The van der Waals surface area contributed by atoms with E-state index in [2.05, 4.69) is 5.32 Å². The van der Waals surface area contributed by atoms with Crippen LogP contribution < -0.4 is 11.1 Å². The van der Waals surface area contributed by atoms with Crippen molar-refractivity contribution in [3.8, 4) is 0 Å². The molecule has 5 atom stereocenters. The van der Waals surface area contributed by atoms with Crippen LogP contribution in [0.5, 0.6) is 0 Å². The summed E-state index contributed by atoms with van der Waals surface area (Å²) in [6.07, 6.45) is 0. The number of carboxylic acids is 1. The minimum atomic E-state index is -1.63. The van der Waals surface area contributed by atoms with E-state index in [4.69, 9.17) is 5.73 Å². The number of aliphatic carboxylic acids is 1. The van der Waals surface area contributed by atoms with Crippen LogP contribution in [0, 0.1) is 0 Å². The fourth-order valence-electron chi connectivity index (χ4n) is 3.35. The van der Waals surface area contributed by atoms with Gasteiger partial charge in [0.1, 0.15) is 23.5 Å². The molecule has 2 saturated heterocycles. The van der Waals surface area contributed by atoms with Crippen LogP contribution in [0.3, 0.4) is 0 Å². The Labute approximate surface area is 146 Å². The molecule has 0 radical (unpaired) electrons. The highest BCUT2D eigenvalue weighted by molar-refractivity contribution is 7.87. The van der Waals surface area contributed by atoms with Crippen molar-refractivity contribution < 1.29 is 23.7 Å². The standard InChI is InChI=1S/C16H19N3O5S/c1-16(2)11(15(22)23)19-13(21)10(14(19)25(16)24)18-12(20)9(17)8-6-4-3-5-7-8/h3-7,9-11,14H,17H2,1-2H3,(H,18,20)(H,22,23). The Morgan fingerprint density at radius 2 is 1.92 bits per heavy atom. The van der Waals surface area contributed by atoms with Crippen LogP contribution in [0.4, 0.5) is 0 Å². The number of carbonyl (C=O) groups excluding carboxylic acids is 2. The number of benzene rings is 1. The monoisotopic (exact) mass is 365 g/mol. The van der Waals surface area contributed by atoms with Gasteiger partial charge in [0.2, 0.25) is 11.8 Å². The second kappa shape index (κ2) is 5.92. The first-order chi connectivity index (χ1) is 11.7. The summed E-state index contributed by atoms with van der Waals surface area (Å²) in [6.45, 7) is 3.09. The van der Waals surface area contributed by atoms with Crippen LogP contribution >= 0.6 is 0 Å². The zero-order chi connectivity index (χ0) is 18.5. The molecule has 5 unspecified atom stereocenters. The molecule has 2 amide bonds. The lowest BCUT2D eigenvalue weighted by Crippen LogP contribution is -2.72. The van der Waals surface area contributed by atoms with Gasteiger partial charge in [-0.25, -0.2) is 4.79 Å². The van der Waals surface area contributed by atoms with Crippen LogP contribution in [0.25, 0.3) is 0 Å². The number of hydrogen-bond donors (Lipinski definition) is 3. The van der Waals surface area contributed by atoms with Gasteiger partial charge in [0.05, 0.1) is 15.5 Å². The van der Waals surface area contributed by atoms with Gasteiger partial charge in [0.25, 0.3) is 0 Å². The van der Waals surface area contributed by atoms with Gasteiger partial charge in [0, 0.05) is 0 Å². The molecular formula is C16H19N3O5S. The van der Waals surface area contributed by atoms with E-state index < -0.39 is 56.8 Å². The maximum Gasteiger partial charge on any atom is 0.328 e. The lowest BCUT2D eigenvalue weighted by Gasteiger charge is -2.43. The van der Waals surface area contributed by atoms with Gasteiger partial charge < -0.3 is 21.1 Å². The molecule has 1 aromatic rings. The van der Waals surface area contributed by atoms with E-state index in [0.29, 0.717) is 5.56 Å². The zero-order valence-electron chi connectivity index (χ0n) is 13.7. The average molecular weight is 365 g/mol. The van der Waals surface area contributed by atoms with Crippen molar-refractivity contribution in [1.29, 1.82) is 0 Å². The second-order valence-corrected chi connectivity index (χ2v) is 8.78. The number of amides is 2. The second-order valence-electron chi connectivity index (χ2n) is 6.65. The molecule has 0 bridgehead atoms. The maximum atomic E-state index is 12.7. The van der Waals surface area contributed by atoms with Crippen molar-refractivity contribution in [2.24, 2.45) is 5.73 Å². The van der Waals surface area contributed by atoms with Crippen molar-refractivity contribution in [3.05, 3.63) is 35.9 Å². The first kappa shape index (κ1) is 17.6. The Bertz CT molecular complexity index is 766. The van der Waals surface area contributed by atoms with Crippen molar-refractivity contribution in [1.82, 2.24) is 10.2 Å². The Kier molecular flexibility index (Phi) is 4.16. The Balaban J connectivity index is 1.78. The Morgan fingerprint density at radius 1 is 1.32 bits per heavy atom. The molecule has 1 aromatic carbocycles. The van der Waals surface area contributed by atoms with E-state index >= 15 is 0 Å². The molecule has 9 heteroatoms. The minimum absolute atomic E-state index is 0.551. The van der Waals surface area contributed by atoms with Gasteiger partial charge in [-0.15, -0.1) is 0 Å². The molecule has 3 rings (SSSR count). The summed E-state index contributed by atoms with van der Waals surface area (Å²) in [5.74, 6) is -2.33. The highest BCUT2D eigenvalue weighted by Crippen LogP contribution is 2.43. The van der Waals surface area contributed by atoms with Gasteiger partial charge in [-0.1, -0.05) is 30.3 Å². The number of nitrogens with zero attached hydrogens (tertiary/aromatic N) is 1. The van der Waals surface area contributed by atoms with Crippen LogP contribution in [-0.2, 0) is 25.2 Å². The van der Waals surface area contributed by atoms with E-state index in [-0.39, 0.29) is 0 Å². The number of rotatable bonds is 4. The molecule has 2 aliphatic heterocycles. The minimum Gasteiger partial charge on any atom is -0.480 e. The van der Waals surface area contributed by atoms with E-state index in [9.17, 15) is 23.7 Å². The molecule has 0 aromatic heterocycles. The molecule has 0 aliphatic carbocycles. The summed E-state index contributed by atoms with van der Waals surface area (Å²) < 4.78 is 11.5. The number of nitrogens with one attached hydrogen (secondary N) is 1. The number of β-lactam (4-membered cyclic amide) rings is 1. The summed E-state index contributed by atoms with van der Waals surface area (Å²) in [5.41, 5.74) is 6.49. The van der Waals surface area contributed by atoms with Gasteiger partial charge in [-0.05, 0) is 19.4 Å². The van der Waals surface area contributed by atoms with Gasteiger partial charge in [0.15, 0.2) is 0 Å². The van der Waals surface area contributed by atoms with E-state index in [0.717, 1.165) is 4.90 Å². The average Bonchev–Trinajstić information content (AvgIpc) is 2.77. The van der Waals surface area contributed by atoms with E-state index in [1.165, 1.54) is 0 Å². The molecular weight excluding hydrogens is 346 g/mol. The zero-order valence-corrected chi connectivity index (χ0v) is 14.5. The number of hydrogen-bond acceptors (Lipinski definition) is 5. The van der Waals surface area contributed by atoms with E-state index in [1.807, 2.05) is 0 Å². The van der Waals surface area contributed by atoms with E-state index in [1.54, 1.807) is 44.2 Å². The van der Waals surface area contributed by atoms with Crippen LogP contribution in [0.2, 0.25) is 0 Å². The van der Waals surface area contributed by atoms with Gasteiger partial charge in [-0.3, -0.25) is 13.8 Å². The van der Waals surface area contributed by atoms with Crippen molar-refractivity contribution >= 4 is 28.6 Å². The summed E-state index contributed by atoms with van der Waals surface area (Å²) in [6, 6.07) is 5.48. The van der Waals surface area contributed by atoms with Crippen molar-refractivity contribution in [2.45, 2.75) is 42.1 Å². The van der Waals surface area contributed by atoms with Crippen LogP contribution in [0.15, 0.2) is 30.3 Å². The summed E-state index contributed by atoms with van der Waals surface area (Å²) >= 11 is 0. The predicted octanol–water partition coefficient (Wildman–Crippen LogP) is -0.666. The number of fused-ring (bicyclic) bond motifs is 1. The van der Waals surface area contributed by atoms with Crippen molar-refractivity contribution in [2.75, 3.05) is 0 Å². The smallest absolute Gasteiger partial charge is 0.328 e. The fourth-order valence-corrected chi connectivity index (χ4v) is 5.27. The molecule has 8 nitrogen and oxygen atoms in total. The highest BCUT2D eigenvalue weighted by Gasteiger charge is 2.68. The number of nitrogens with two attached hydrogens (primary N) is 1. The lowest BCUT2D eigenvalue weighted by molar-refractivity contribution is -0.161. The molecule has 0 spiro atoms. The van der Waals surface area contributed by atoms with Crippen molar-refractivity contribution in [3.63, 3.8) is 0 Å². The van der Waals surface area contributed by atoms with Crippen LogP contribution in [-0.4, -0.2) is 54.2 Å². The van der Waals surface area contributed by atoms with Gasteiger partial charge in [-0.2, -0.15) is 0 Å². The first-order valence-corrected chi connectivity index (χ1v) is 8.95. The Morgan fingerprint density at radius 3 is 2.48 bits per heavy atom. The highest BCUT2D eigenvalue weighted by atomic mass is 32.2. The molecule has 2 aliphatic rings. The third-order valence-electron chi connectivity index (χ3n) is 4.73. The molecule has 2 heterocycles.